The molecule has 0 amide bonds. The summed E-state index contributed by atoms with van der Waals surface area (Å²) in [6, 6.07) is 2.38. The summed E-state index contributed by atoms with van der Waals surface area (Å²) < 4.78 is 12.9. The molecular weight excluding hydrogens is 248 g/mol. The second-order valence-electron chi connectivity index (χ2n) is 1.83. The third kappa shape index (κ3) is 1.31. The van der Waals surface area contributed by atoms with Crippen molar-refractivity contribution in [2.75, 3.05) is 5.73 Å². The van der Waals surface area contributed by atoms with E-state index in [0.717, 1.165) is 6.07 Å². The van der Waals surface area contributed by atoms with Crippen LogP contribution in [0.5, 0.6) is 5.75 Å². The first kappa shape index (κ1) is 7.59. The van der Waals surface area contributed by atoms with Crippen molar-refractivity contribution < 1.29 is 9.50 Å². The molecule has 3 N–H and O–H groups in total. The molecule has 2 nitrogen and oxygen atoms in total. The predicted molar refractivity (Wildman–Crippen MR) is 45.2 cm³/mol. The van der Waals surface area contributed by atoms with Gasteiger partial charge in [-0.05, 0) is 28.7 Å². The summed E-state index contributed by atoms with van der Waals surface area (Å²) in [7, 11) is 0. The van der Waals surface area contributed by atoms with Crippen LogP contribution in [-0.4, -0.2) is 5.11 Å². The van der Waals surface area contributed by atoms with E-state index >= 15 is 0 Å². The normalized spacial score (nSPS) is 9.80. The van der Waals surface area contributed by atoms with Crippen molar-refractivity contribution in [2.45, 2.75) is 0 Å². The molecule has 0 radical (unpaired) electrons. The molecule has 0 aromatic heterocycles. The monoisotopic (exact) mass is 253 g/mol. The second kappa shape index (κ2) is 2.61. The molecule has 0 aliphatic rings. The number of rotatable bonds is 0. The summed E-state index contributed by atoms with van der Waals surface area (Å²) in [6.07, 6.45) is 0. The fourth-order valence-electron chi connectivity index (χ4n) is 0.552. The van der Waals surface area contributed by atoms with E-state index in [9.17, 15) is 4.39 Å². The van der Waals surface area contributed by atoms with Crippen LogP contribution in [0.4, 0.5) is 10.1 Å². The predicted octanol–water partition coefficient (Wildman–Crippen LogP) is 1.72. The third-order valence-corrected chi connectivity index (χ3v) is 1.90. The first-order valence-corrected chi connectivity index (χ1v) is 3.62. The summed E-state index contributed by atoms with van der Waals surface area (Å²) in [5.41, 5.74) is 5.47. The van der Waals surface area contributed by atoms with Gasteiger partial charge in [-0.1, -0.05) is 0 Å². The molecule has 0 spiro atoms. The summed E-state index contributed by atoms with van der Waals surface area (Å²) in [6.45, 7) is 0. The zero-order valence-electron chi connectivity index (χ0n) is 4.94. The third-order valence-electron chi connectivity index (χ3n) is 1.07. The number of hydrogen-bond donors (Lipinski definition) is 2. The second-order valence-corrected chi connectivity index (χ2v) is 2.99. The first-order chi connectivity index (χ1) is 4.61. The standard InChI is InChI=1S/C6H5FINO/c7-3-1-6(10)5(9)2-4(3)8/h1-2,10H,9H2. The molecule has 0 saturated heterocycles. The van der Waals surface area contributed by atoms with Gasteiger partial charge in [0, 0.05) is 6.07 Å². The van der Waals surface area contributed by atoms with Gasteiger partial charge in [0.15, 0.2) is 0 Å². The maximum Gasteiger partial charge on any atom is 0.141 e. The molecule has 0 saturated carbocycles. The summed E-state index contributed by atoms with van der Waals surface area (Å²) >= 11 is 1.80. The zero-order valence-corrected chi connectivity index (χ0v) is 7.09. The van der Waals surface area contributed by atoms with Gasteiger partial charge in [0.05, 0.1) is 9.26 Å². The average Bonchev–Trinajstić information content (AvgIpc) is 1.84. The van der Waals surface area contributed by atoms with Crippen LogP contribution in [0.15, 0.2) is 12.1 Å². The Labute approximate surface area is 71.0 Å². The van der Waals surface area contributed by atoms with Gasteiger partial charge in [-0.3, -0.25) is 0 Å². The zero-order chi connectivity index (χ0) is 7.72. The number of hydrogen-bond acceptors (Lipinski definition) is 2. The van der Waals surface area contributed by atoms with Crippen molar-refractivity contribution in [3.05, 3.63) is 21.5 Å². The fourth-order valence-corrected chi connectivity index (χ4v) is 1.04. The number of nitrogens with two attached hydrogens (primary N) is 1. The average molecular weight is 253 g/mol. The van der Waals surface area contributed by atoms with Gasteiger partial charge < -0.3 is 10.8 Å². The molecular formula is C6H5FINO. The molecule has 0 atom stereocenters. The Kier molecular flexibility index (Phi) is 1.98. The van der Waals surface area contributed by atoms with Gasteiger partial charge in [0.2, 0.25) is 0 Å². The minimum absolute atomic E-state index is 0.200. The van der Waals surface area contributed by atoms with Crippen LogP contribution in [-0.2, 0) is 0 Å². The number of halogens is 2. The Morgan fingerprint density at radius 3 is 2.60 bits per heavy atom. The Hall–Kier alpha value is -0.520. The molecule has 0 unspecified atom stereocenters. The summed E-state index contributed by atoms with van der Waals surface area (Å²) in [5.74, 6) is -0.662. The number of phenols is 1. The molecule has 4 heteroatoms. The van der Waals surface area contributed by atoms with Gasteiger partial charge >= 0.3 is 0 Å². The molecule has 0 bridgehead atoms. The van der Waals surface area contributed by atoms with E-state index in [1.54, 1.807) is 22.6 Å². The fraction of sp³-hybridized carbons (Fsp3) is 0. The van der Waals surface area contributed by atoms with E-state index < -0.39 is 5.82 Å². The molecule has 1 aromatic carbocycles. The van der Waals surface area contributed by atoms with E-state index in [2.05, 4.69) is 0 Å². The van der Waals surface area contributed by atoms with Crippen molar-refractivity contribution >= 4 is 28.3 Å². The molecule has 0 heterocycles. The van der Waals surface area contributed by atoms with Crippen molar-refractivity contribution in [1.82, 2.24) is 0 Å². The van der Waals surface area contributed by atoms with Crippen LogP contribution in [0.1, 0.15) is 0 Å². The van der Waals surface area contributed by atoms with E-state index in [4.69, 9.17) is 10.8 Å². The van der Waals surface area contributed by atoms with Crippen LogP contribution in [0.3, 0.4) is 0 Å². The van der Waals surface area contributed by atoms with Gasteiger partial charge in [0.25, 0.3) is 0 Å². The number of nitrogen functional groups attached to an aromatic ring is 1. The lowest BCUT2D eigenvalue weighted by atomic mass is 10.3. The van der Waals surface area contributed by atoms with E-state index in [0.29, 0.717) is 3.57 Å². The lowest BCUT2D eigenvalue weighted by Gasteiger charge is -1.98. The maximum absolute atomic E-state index is 12.5. The maximum atomic E-state index is 12.5. The highest BCUT2D eigenvalue weighted by atomic mass is 127. The molecule has 0 fully saturated rings. The van der Waals surface area contributed by atoms with Gasteiger partial charge in [-0.15, -0.1) is 0 Å². The molecule has 0 aliphatic heterocycles. The van der Waals surface area contributed by atoms with E-state index in [-0.39, 0.29) is 11.4 Å². The Morgan fingerprint density at radius 1 is 1.50 bits per heavy atom. The van der Waals surface area contributed by atoms with Crippen molar-refractivity contribution in [3.8, 4) is 5.75 Å². The Bertz CT molecular complexity index is 214. The number of benzene rings is 1. The van der Waals surface area contributed by atoms with Gasteiger partial charge in [-0.25, -0.2) is 4.39 Å². The molecule has 0 aliphatic carbocycles. The first-order valence-electron chi connectivity index (χ1n) is 2.54. The van der Waals surface area contributed by atoms with Crippen molar-refractivity contribution in [2.24, 2.45) is 0 Å². The minimum atomic E-state index is -0.452. The number of phenolic OH excluding ortho intramolecular Hbond substituents is 1. The molecule has 10 heavy (non-hydrogen) atoms. The van der Waals surface area contributed by atoms with Gasteiger partial charge in [0.1, 0.15) is 11.6 Å². The highest BCUT2D eigenvalue weighted by Gasteiger charge is 2.02. The Morgan fingerprint density at radius 2 is 2.10 bits per heavy atom. The van der Waals surface area contributed by atoms with E-state index in [1.165, 1.54) is 6.07 Å². The van der Waals surface area contributed by atoms with Crippen molar-refractivity contribution in [3.63, 3.8) is 0 Å². The van der Waals surface area contributed by atoms with Crippen LogP contribution < -0.4 is 5.73 Å². The van der Waals surface area contributed by atoms with E-state index in [1.807, 2.05) is 0 Å². The lowest BCUT2D eigenvalue weighted by Crippen LogP contribution is -1.89. The highest BCUT2D eigenvalue weighted by Crippen LogP contribution is 2.24. The molecule has 1 aromatic rings. The number of aromatic hydroxyl groups is 1. The smallest absolute Gasteiger partial charge is 0.141 e. The Balaban J connectivity index is 3.28. The topological polar surface area (TPSA) is 46.2 Å². The van der Waals surface area contributed by atoms with Gasteiger partial charge in [-0.2, -0.15) is 0 Å². The van der Waals surface area contributed by atoms with Crippen LogP contribution in [0, 0.1) is 9.39 Å². The summed E-state index contributed by atoms with van der Waals surface area (Å²) in [4.78, 5) is 0. The van der Waals surface area contributed by atoms with Crippen molar-refractivity contribution in [1.29, 1.82) is 0 Å². The van der Waals surface area contributed by atoms with Crippen LogP contribution in [0.25, 0.3) is 0 Å². The number of anilines is 1. The molecule has 54 valence electrons. The van der Waals surface area contributed by atoms with Crippen LogP contribution in [0.2, 0.25) is 0 Å². The summed E-state index contributed by atoms with van der Waals surface area (Å²) in [5, 5.41) is 8.86. The quantitative estimate of drug-likeness (QED) is 0.420. The minimum Gasteiger partial charge on any atom is -0.506 e. The highest BCUT2D eigenvalue weighted by molar-refractivity contribution is 14.1. The lowest BCUT2D eigenvalue weighted by molar-refractivity contribution is 0.471. The SMILES string of the molecule is Nc1cc(I)c(F)cc1O. The largest absolute Gasteiger partial charge is 0.506 e. The van der Waals surface area contributed by atoms with Crippen LogP contribution >= 0.6 is 22.6 Å². The molecule has 1 rings (SSSR count).